The van der Waals surface area contributed by atoms with E-state index in [0.29, 0.717) is 0 Å². The molecule has 1 fully saturated rings. The molecule has 40 heavy (non-hydrogen) atoms. The van der Waals surface area contributed by atoms with Crippen molar-refractivity contribution in [3.8, 4) is 5.75 Å². The minimum atomic E-state index is -4.32. The molecule has 0 spiro atoms. The number of nitrogens with two attached hydrogens (primary N) is 1. The number of anilines is 1. The second-order valence-corrected chi connectivity index (χ2v) is 11.7. The Hall–Kier alpha value is -3.32. The zero-order valence-electron chi connectivity index (χ0n) is 22.5. The number of hydrogen-bond donors (Lipinski definition) is 4. The van der Waals surface area contributed by atoms with Crippen LogP contribution in [0.4, 0.5) is 5.82 Å². The summed E-state index contributed by atoms with van der Waals surface area (Å²) in [6.45, 7) is 5.52. The quantitative estimate of drug-likeness (QED) is 0.204. The summed E-state index contributed by atoms with van der Waals surface area (Å²) in [6, 6.07) is 12.7. The van der Waals surface area contributed by atoms with Crippen LogP contribution in [0.15, 0.2) is 59.5 Å². The fourth-order valence-electron chi connectivity index (χ4n) is 4.23. The summed E-state index contributed by atoms with van der Waals surface area (Å²) in [5, 5.41) is 26.1. The minimum Gasteiger partial charge on any atom is -0.462 e. The molecule has 1 saturated heterocycles. The van der Waals surface area contributed by atoms with Gasteiger partial charge in [0, 0.05) is 6.20 Å². The van der Waals surface area contributed by atoms with Crippen LogP contribution in [0.25, 0.3) is 10.8 Å². The van der Waals surface area contributed by atoms with Crippen molar-refractivity contribution in [2.24, 2.45) is 0 Å². The summed E-state index contributed by atoms with van der Waals surface area (Å²) < 4.78 is 37.3. The van der Waals surface area contributed by atoms with E-state index < -0.39 is 62.2 Å². The molecule has 6 unspecified atom stereocenters. The number of aromatic nitrogens is 2. The van der Waals surface area contributed by atoms with Crippen LogP contribution >= 0.6 is 7.75 Å². The average Bonchev–Trinajstić information content (AvgIpc) is 3.10. The second-order valence-electron chi connectivity index (χ2n) is 9.97. The van der Waals surface area contributed by atoms with E-state index in [1.807, 2.05) is 24.3 Å². The van der Waals surface area contributed by atoms with Gasteiger partial charge in [0.15, 0.2) is 6.23 Å². The Morgan fingerprint density at radius 3 is 2.60 bits per heavy atom. The van der Waals surface area contributed by atoms with Crippen molar-refractivity contribution in [1.29, 1.82) is 0 Å². The third kappa shape index (κ3) is 6.52. The molecule has 2 heterocycles. The Bertz CT molecular complexity index is 1480. The maximum atomic E-state index is 13.9. The van der Waals surface area contributed by atoms with Gasteiger partial charge in [0.2, 0.25) is 0 Å². The predicted octanol–water partition coefficient (Wildman–Crippen LogP) is 2.12. The normalized spacial score (nSPS) is 25.0. The van der Waals surface area contributed by atoms with Gasteiger partial charge in [-0.05, 0) is 56.7 Å². The fraction of sp³-hybridized carbons (Fsp3) is 0.423. The molecule has 3 aromatic rings. The molecule has 0 saturated carbocycles. The third-order valence-electron chi connectivity index (χ3n) is 6.27. The van der Waals surface area contributed by atoms with Crippen LogP contribution in [0, 0.1) is 0 Å². The van der Waals surface area contributed by atoms with Gasteiger partial charge in [-0.2, -0.15) is 10.1 Å². The first-order chi connectivity index (χ1) is 18.8. The molecule has 4 rings (SSSR count). The molecule has 6 atom stereocenters. The number of aliphatic hydroxyl groups is 2. The van der Waals surface area contributed by atoms with Crippen molar-refractivity contribution >= 4 is 30.3 Å². The van der Waals surface area contributed by atoms with E-state index in [4.69, 9.17) is 24.3 Å². The fourth-order valence-corrected chi connectivity index (χ4v) is 5.72. The Labute approximate surface area is 230 Å². The largest absolute Gasteiger partial charge is 0.462 e. The van der Waals surface area contributed by atoms with Crippen LogP contribution in [-0.2, 0) is 23.4 Å². The highest BCUT2D eigenvalue weighted by molar-refractivity contribution is 7.52. The summed E-state index contributed by atoms with van der Waals surface area (Å²) >= 11 is 0. The molecule has 1 aromatic heterocycles. The molecule has 0 aliphatic carbocycles. The zero-order chi connectivity index (χ0) is 29.2. The lowest BCUT2D eigenvalue weighted by Gasteiger charge is -2.27. The first-order valence-corrected chi connectivity index (χ1v) is 14.1. The molecule has 1 aliphatic heterocycles. The van der Waals surface area contributed by atoms with E-state index in [9.17, 15) is 24.4 Å². The topological polar surface area (TPSA) is 184 Å². The Kier molecular flexibility index (Phi) is 8.64. The van der Waals surface area contributed by atoms with E-state index in [1.165, 1.54) is 26.1 Å². The summed E-state index contributed by atoms with van der Waals surface area (Å²) in [4.78, 5) is 28.4. The smallest absolute Gasteiger partial charge is 0.459 e. The second kappa shape index (κ2) is 11.7. The Balaban J connectivity index is 1.57. The molecule has 0 amide bonds. The average molecular weight is 577 g/mol. The Morgan fingerprint density at radius 2 is 1.93 bits per heavy atom. The molecule has 0 bridgehead atoms. The SMILES string of the molecule is CC(C)OC(=O)C(C)NP(=O)(OCC1OC(n2ccc(N)nc2=O)C(C)(O)C1O)Oc1ccc2ccccc2c1. The van der Waals surface area contributed by atoms with Gasteiger partial charge < -0.3 is 29.9 Å². The van der Waals surface area contributed by atoms with E-state index in [2.05, 4.69) is 10.1 Å². The number of nitrogen functional groups attached to an aromatic ring is 1. The number of ether oxygens (including phenoxy) is 2. The molecular formula is C26H33N4O9P. The van der Waals surface area contributed by atoms with E-state index >= 15 is 0 Å². The number of nitrogens with one attached hydrogen (secondary N) is 1. The van der Waals surface area contributed by atoms with Crippen LogP contribution in [0.5, 0.6) is 5.75 Å². The van der Waals surface area contributed by atoms with Gasteiger partial charge in [-0.25, -0.2) is 9.36 Å². The van der Waals surface area contributed by atoms with Crippen LogP contribution in [0.1, 0.15) is 33.9 Å². The summed E-state index contributed by atoms with van der Waals surface area (Å²) in [6.07, 6.45) is -3.31. The van der Waals surface area contributed by atoms with E-state index in [-0.39, 0.29) is 11.6 Å². The summed E-state index contributed by atoms with van der Waals surface area (Å²) in [5.74, 6) is -0.519. The molecule has 1 aliphatic rings. The van der Waals surface area contributed by atoms with E-state index in [0.717, 1.165) is 15.3 Å². The maximum absolute atomic E-state index is 13.9. The number of nitrogens with zero attached hydrogens (tertiary/aromatic N) is 2. The molecule has 216 valence electrons. The van der Waals surface area contributed by atoms with Crippen molar-refractivity contribution < 1.29 is 38.1 Å². The van der Waals surface area contributed by atoms with Gasteiger partial charge >= 0.3 is 19.4 Å². The third-order valence-corrected chi connectivity index (χ3v) is 7.91. The Morgan fingerprint density at radius 1 is 1.23 bits per heavy atom. The zero-order valence-corrected chi connectivity index (χ0v) is 23.4. The van der Waals surface area contributed by atoms with Crippen molar-refractivity contribution in [2.45, 2.75) is 63.9 Å². The van der Waals surface area contributed by atoms with Crippen LogP contribution in [0.3, 0.4) is 0 Å². The first kappa shape index (κ1) is 29.7. The van der Waals surface area contributed by atoms with Gasteiger partial charge in [-0.3, -0.25) is 13.9 Å². The number of rotatable bonds is 10. The molecule has 5 N–H and O–H groups in total. The van der Waals surface area contributed by atoms with Crippen molar-refractivity contribution in [3.05, 3.63) is 65.2 Å². The highest BCUT2D eigenvalue weighted by Gasteiger charge is 2.54. The van der Waals surface area contributed by atoms with Crippen LogP contribution < -0.4 is 21.0 Å². The van der Waals surface area contributed by atoms with Gasteiger partial charge in [-0.1, -0.05) is 30.3 Å². The number of carbonyl (C=O) groups excluding carboxylic acids is 1. The van der Waals surface area contributed by atoms with Crippen molar-refractivity contribution in [3.63, 3.8) is 0 Å². The molecule has 13 nitrogen and oxygen atoms in total. The summed E-state index contributed by atoms with van der Waals surface area (Å²) in [5.41, 5.74) is 2.78. The number of benzene rings is 2. The minimum absolute atomic E-state index is 0.0257. The van der Waals surface area contributed by atoms with Crippen LogP contribution in [0.2, 0.25) is 0 Å². The van der Waals surface area contributed by atoms with Crippen molar-refractivity contribution in [1.82, 2.24) is 14.6 Å². The van der Waals surface area contributed by atoms with E-state index in [1.54, 1.807) is 32.0 Å². The monoisotopic (exact) mass is 576 g/mol. The van der Waals surface area contributed by atoms with Gasteiger partial charge in [0.1, 0.15) is 35.4 Å². The molecule has 14 heteroatoms. The highest BCUT2D eigenvalue weighted by atomic mass is 31.2. The maximum Gasteiger partial charge on any atom is 0.459 e. The first-order valence-electron chi connectivity index (χ1n) is 12.6. The van der Waals surface area contributed by atoms with Gasteiger partial charge in [0.25, 0.3) is 0 Å². The lowest BCUT2D eigenvalue weighted by molar-refractivity contribution is -0.149. The highest BCUT2D eigenvalue weighted by Crippen LogP contribution is 2.47. The molecule has 2 aromatic carbocycles. The number of carbonyl (C=O) groups is 1. The number of esters is 1. The number of fused-ring (bicyclic) bond motifs is 1. The summed E-state index contributed by atoms with van der Waals surface area (Å²) in [7, 11) is -4.32. The van der Waals surface area contributed by atoms with Gasteiger partial charge in [0.05, 0.1) is 12.7 Å². The number of hydrogen-bond acceptors (Lipinski definition) is 11. The predicted molar refractivity (Wildman–Crippen MR) is 145 cm³/mol. The van der Waals surface area contributed by atoms with Gasteiger partial charge in [-0.15, -0.1) is 0 Å². The lowest BCUT2D eigenvalue weighted by atomic mass is 9.96. The molecular weight excluding hydrogens is 543 g/mol. The standard InChI is InChI=1S/C26H33N4O9P/c1-15(2)37-23(32)16(3)29-40(35,39-19-10-9-17-7-5-6-8-18(17)13-19)36-14-20-22(31)26(4,34)24(38-20)30-12-11-21(27)28-25(30)33/h5-13,15-16,20,22,24,31,34H,14H2,1-4H3,(H,29,35)(H2,27,28,33). The molecule has 0 radical (unpaired) electrons. The van der Waals surface area contributed by atoms with Crippen molar-refractivity contribution in [2.75, 3.05) is 12.3 Å². The lowest BCUT2D eigenvalue weighted by Crippen LogP contribution is -2.46. The number of aliphatic hydroxyl groups excluding tert-OH is 1. The van der Waals surface area contributed by atoms with Crippen LogP contribution in [-0.4, -0.2) is 62.3 Å².